The van der Waals surface area contributed by atoms with Crippen molar-refractivity contribution in [3.05, 3.63) is 29.0 Å². The van der Waals surface area contributed by atoms with Crippen LogP contribution in [-0.2, 0) is 6.54 Å². The van der Waals surface area contributed by atoms with Crippen LogP contribution in [0.3, 0.4) is 0 Å². The van der Waals surface area contributed by atoms with E-state index < -0.39 is 0 Å². The third-order valence-electron chi connectivity index (χ3n) is 3.07. The van der Waals surface area contributed by atoms with Crippen LogP contribution in [0.15, 0.2) is 18.3 Å². The van der Waals surface area contributed by atoms with Gasteiger partial charge in [-0.15, -0.1) is 0 Å². The summed E-state index contributed by atoms with van der Waals surface area (Å²) >= 11 is 5.70. The Bertz CT molecular complexity index is 316. The third-order valence-corrected chi connectivity index (χ3v) is 3.29. The first-order chi connectivity index (χ1) is 7.24. The van der Waals surface area contributed by atoms with E-state index in [2.05, 4.69) is 10.3 Å². The lowest BCUT2D eigenvalue weighted by molar-refractivity contribution is 0.0872. The second kappa shape index (κ2) is 4.47. The van der Waals surface area contributed by atoms with Gasteiger partial charge in [0.25, 0.3) is 0 Å². The minimum absolute atomic E-state index is 0.0420. The number of nitrogens with zero attached hydrogens (tertiary/aromatic N) is 1. The van der Waals surface area contributed by atoms with Crippen molar-refractivity contribution in [2.75, 3.05) is 6.61 Å². The summed E-state index contributed by atoms with van der Waals surface area (Å²) in [6, 6.07) is 3.73. The highest BCUT2D eigenvalue weighted by Gasteiger charge is 2.35. The normalized spacial score (nSPS) is 18.5. The summed E-state index contributed by atoms with van der Waals surface area (Å²) in [7, 11) is 0. The van der Waals surface area contributed by atoms with Crippen molar-refractivity contribution >= 4 is 11.6 Å². The van der Waals surface area contributed by atoms with Gasteiger partial charge in [-0.2, -0.15) is 0 Å². The standard InChI is InChI=1S/C11H15ClN2O/c12-10-3-2-9(6-13-10)7-14-11(8-15)4-1-5-11/h2-3,6,14-15H,1,4-5,7-8H2. The predicted molar refractivity (Wildman–Crippen MR) is 59.8 cm³/mol. The van der Waals surface area contributed by atoms with Gasteiger partial charge >= 0.3 is 0 Å². The molecule has 1 aliphatic carbocycles. The molecule has 0 spiro atoms. The average molecular weight is 227 g/mol. The lowest BCUT2D eigenvalue weighted by Crippen LogP contribution is -2.53. The highest BCUT2D eigenvalue weighted by atomic mass is 35.5. The van der Waals surface area contributed by atoms with Gasteiger partial charge in [0, 0.05) is 18.3 Å². The maximum atomic E-state index is 9.26. The molecular formula is C11H15ClN2O. The monoisotopic (exact) mass is 226 g/mol. The second-order valence-corrected chi connectivity index (χ2v) is 4.52. The van der Waals surface area contributed by atoms with Crippen LogP contribution < -0.4 is 5.32 Å². The van der Waals surface area contributed by atoms with E-state index in [-0.39, 0.29) is 12.1 Å². The number of hydrogen-bond acceptors (Lipinski definition) is 3. The van der Waals surface area contributed by atoms with Crippen molar-refractivity contribution in [1.29, 1.82) is 0 Å². The molecule has 1 saturated carbocycles. The number of nitrogens with one attached hydrogen (secondary N) is 1. The van der Waals surface area contributed by atoms with Gasteiger partial charge in [0.15, 0.2) is 0 Å². The van der Waals surface area contributed by atoms with E-state index >= 15 is 0 Å². The van der Waals surface area contributed by atoms with E-state index in [0.29, 0.717) is 5.15 Å². The van der Waals surface area contributed by atoms with Gasteiger partial charge in [0.2, 0.25) is 0 Å². The zero-order valence-electron chi connectivity index (χ0n) is 8.54. The van der Waals surface area contributed by atoms with E-state index in [1.807, 2.05) is 6.07 Å². The fourth-order valence-electron chi connectivity index (χ4n) is 1.79. The van der Waals surface area contributed by atoms with E-state index in [4.69, 9.17) is 11.6 Å². The Kier molecular flexibility index (Phi) is 3.24. The lowest BCUT2D eigenvalue weighted by atomic mass is 9.77. The highest BCUT2D eigenvalue weighted by Crippen LogP contribution is 2.31. The van der Waals surface area contributed by atoms with Gasteiger partial charge in [-0.25, -0.2) is 4.98 Å². The van der Waals surface area contributed by atoms with Crippen molar-refractivity contribution in [3.63, 3.8) is 0 Å². The summed E-state index contributed by atoms with van der Waals surface area (Å²) in [6.07, 6.45) is 5.08. The molecule has 0 radical (unpaired) electrons. The topological polar surface area (TPSA) is 45.1 Å². The largest absolute Gasteiger partial charge is 0.394 e. The first-order valence-electron chi connectivity index (χ1n) is 5.20. The van der Waals surface area contributed by atoms with E-state index in [9.17, 15) is 5.11 Å². The molecular weight excluding hydrogens is 212 g/mol. The summed E-state index contributed by atoms with van der Waals surface area (Å²) in [5.74, 6) is 0. The smallest absolute Gasteiger partial charge is 0.129 e. The molecule has 1 aliphatic rings. The molecule has 0 aliphatic heterocycles. The molecule has 82 valence electrons. The van der Waals surface area contributed by atoms with Crippen LogP contribution in [0, 0.1) is 0 Å². The molecule has 0 aromatic carbocycles. The third kappa shape index (κ3) is 2.48. The summed E-state index contributed by atoms with van der Waals surface area (Å²) < 4.78 is 0. The maximum absolute atomic E-state index is 9.26. The Morgan fingerprint density at radius 3 is 2.73 bits per heavy atom. The van der Waals surface area contributed by atoms with Crippen molar-refractivity contribution < 1.29 is 5.11 Å². The molecule has 0 bridgehead atoms. The molecule has 2 N–H and O–H groups in total. The minimum Gasteiger partial charge on any atom is -0.394 e. The van der Waals surface area contributed by atoms with Gasteiger partial charge in [0.05, 0.1) is 6.61 Å². The van der Waals surface area contributed by atoms with Crippen LogP contribution >= 0.6 is 11.6 Å². The Hall–Kier alpha value is -0.640. The summed E-state index contributed by atoms with van der Waals surface area (Å²) in [5, 5.41) is 13.2. The minimum atomic E-state index is -0.0420. The molecule has 1 aromatic rings. The zero-order chi connectivity index (χ0) is 10.7. The second-order valence-electron chi connectivity index (χ2n) is 4.13. The average Bonchev–Trinajstić information content (AvgIpc) is 2.20. The van der Waals surface area contributed by atoms with Crippen molar-refractivity contribution in [3.8, 4) is 0 Å². The molecule has 0 unspecified atom stereocenters. The van der Waals surface area contributed by atoms with Crippen LogP contribution in [0.2, 0.25) is 5.15 Å². The van der Waals surface area contributed by atoms with Gasteiger partial charge in [-0.3, -0.25) is 0 Å². The van der Waals surface area contributed by atoms with Crippen molar-refractivity contribution in [2.24, 2.45) is 0 Å². The molecule has 1 heterocycles. The number of pyridine rings is 1. The highest BCUT2D eigenvalue weighted by molar-refractivity contribution is 6.29. The van der Waals surface area contributed by atoms with Crippen LogP contribution in [0.4, 0.5) is 0 Å². The van der Waals surface area contributed by atoms with Crippen LogP contribution in [0.5, 0.6) is 0 Å². The van der Waals surface area contributed by atoms with Gasteiger partial charge in [0.1, 0.15) is 5.15 Å². The molecule has 1 aromatic heterocycles. The Labute approximate surface area is 94.5 Å². The molecule has 2 rings (SSSR count). The Morgan fingerprint density at radius 2 is 2.27 bits per heavy atom. The molecule has 3 nitrogen and oxygen atoms in total. The van der Waals surface area contributed by atoms with Gasteiger partial charge < -0.3 is 10.4 Å². The number of halogens is 1. The summed E-state index contributed by atoms with van der Waals surface area (Å²) in [5.41, 5.74) is 1.05. The summed E-state index contributed by atoms with van der Waals surface area (Å²) in [6.45, 7) is 0.957. The molecule has 4 heteroatoms. The molecule has 0 atom stereocenters. The van der Waals surface area contributed by atoms with Crippen LogP contribution in [0.25, 0.3) is 0 Å². The first-order valence-corrected chi connectivity index (χ1v) is 5.58. The SMILES string of the molecule is OCC1(NCc2ccc(Cl)nc2)CCC1. The molecule has 15 heavy (non-hydrogen) atoms. The van der Waals surface area contributed by atoms with Crippen molar-refractivity contribution in [2.45, 2.75) is 31.3 Å². The van der Waals surface area contributed by atoms with E-state index in [1.165, 1.54) is 6.42 Å². The quantitative estimate of drug-likeness (QED) is 0.769. The first kappa shape index (κ1) is 10.9. The van der Waals surface area contributed by atoms with E-state index in [0.717, 1.165) is 24.9 Å². The fraction of sp³-hybridized carbons (Fsp3) is 0.545. The van der Waals surface area contributed by atoms with Gasteiger partial charge in [-0.1, -0.05) is 17.7 Å². The number of aliphatic hydroxyl groups excluding tert-OH is 1. The predicted octanol–water partition coefficient (Wildman–Crippen LogP) is 1.74. The lowest BCUT2D eigenvalue weighted by Gasteiger charge is -2.41. The van der Waals surface area contributed by atoms with Crippen molar-refractivity contribution in [1.82, 2.24) is 10.3 Å². The Morgan fingerprint density at radius 1 is 1.47 bits per heavy atom. The van der Waals surface area contributed by atoms with E-state index in [1.54, 1.807) is 12.3 Å². The number of rotatable bonds is 4. The fourth-order valence-corrected chi connectivity index (χ4v) is 1.91. The van der Waals surface area contributed by atoms with Crippen LogP contribution in [-0.4, -0.2) is 22.2 Å². The molecule has 0 amide bonds. The number of aromatic nitrogens is 1. The number of hydrogen-bond donors (Lipinski definition) is 2. The summed E-state index contributed by atoms with van der Waals surface area (Å²) in [4.78, 5) is 4.01. The molecule has 0 saturated heterocycles. The Balaban J connectivity index is 1.90. The molecule has 1 fully saturated rings. The number of aliphatic hydroxyl groups is 1. The zero-order valence-corrected chi connectivity index (χ0v) is 9.30. The maximum Gasteiger partial charge on any atom is 0.129 e. The van der Waals surface area contributed by atoms with Gasteiger partial charge in [-0.05, 0) is 30.9 Å². The van der Waals surface area contributed by atoms with Crippen LogP contribution in [0.1, 0.15) is 24.8 Å².